The summed E-state index contributed by atoms with van der Waals surface area (Å²) in [7, 11) is 0. The Morgan fingerprint density at radius 2 is 2.31 bits per heavy atom. The molecule has 4 nitrogen and oxygen atoms in total. The van der Waals surface area contributed by atoms with Crippen LogP contribution in [0.2, 0.25) is 0 Å². The number of rotatable bonds is 3. The van der Waals surface area contributed by atoms with Crippen LogP contribution in [0.3, 0.4) is 0 Å². The first-order valence-electron chi connectivity index (χ1n) is 3.77. The fourth-order valence-corrected chi connectivity index (χ4v) is 0.982. The first kappa shape index (κ1) is 9.41. The molecule has 4 heteroatoms. The number of nitrogens with two attached hydrogens (primary N) is 1. The lowest BCUT2D eigenvalue weighted by molar-refractivity contribution is -0.384. The molecule has 0 saturated heterocycles. The van der Waals surface area contributed by atoms with Gasteiger partial charge in [-0.1, -0.05) is 18.2 Å². The molecule has 1 aromatic rings. The third-order valence-electron chi connectivity index (χ3n) is 1.72. The van der Waals surface area contributed by atoms with Crippen LogP contribution in [-0.2, 0) is 0 Å². The van der Waals surface area contributed by atoms with Gasteiger partial charge in [-0.3, -0.25) is 10.1 Å². The highest BCUT2D eigenvalue weighted by Crippen LogP contribution is 2.17. The Kier molecular flexibility index (Phi) is 2.76. The van der Waals surface area contributed by atoms with Gasteiger partial charge in [-0.05, 0) is 5.56 Å². The van der Waals surface area contributed by atoms with Gasteiger partial charge < -0.3 is 5.73 Å². The standard InChI is InChI=1S/C9H10N2O2/c1-2-9(10)7-4-3-5-8(6-7)11(12)13/h2-6,9H,1,10H2/t9-/m0/s1. The summed E-state index contributed by atoms with van der Waals surface area (Å²) in [6.45, 7) is 3.52. The van der Waals surface area contributed by atoms with Crippen molar-refractivity contribution in [3.05, 3.63) is 52.6 Å². The fraction of sp³-hybridized carbons (Fsp3) is 0.111. The van der Waals surface area contributed by atoms with Gasteiger partial charge >= 0.3 is 0 Å². The average Bonchev–Trinajstić information content (AvgIpc) is 2.17. The van der Waals surface area contributed by atoms with Gasteiger partial charge in [0, 0.05) is 18.2 Å². The molecule has 1 atom stereocenters. The molecule has 0 unspecified atom stereocenters. The Morgan fingerprint density at radius 1 is 1.62 bits per heavy atom. The maximum atomic E-state index is 10.4. The lowest BCUT2D eigenvalue weighted by Gasteiger charge is -2.04. The van der Waals surface area contributed by atoms with Gasteiger partial charge in [0.2, 0.25) is 0 Å². The molecule has 1 rings (SSSR count). The molecular weight excluding hydrogens is 168 g/mol. The molecule has 1 aromatic carbocycles. The highest BCUT2D eigenvalue weighted by molar-refractivity contribution is 5.36. The second-order valence-corrected chi connectivity index (χ2v) is 2.61. The molecule has 0 amide bonds. The molecule has 0 spiro atoms. The van der Waals surface area contributed by atoms with Crippen LogP contribution in [0.4, 0.5) is 5.69 Å². The molecule has 0 aliphatic rings. The summed E-state index contributed by atoms with van der Waals surface area (Å²) in [5.41, 5.74) is 6.37. The number of benzene rings is 1. The number of nitro benzene ring substituents is 1. The first-order chi connectivity index (χ1) is 6.15. The van der Waals surface area contributed by atoms with Crippen molar-refractivity contribution in [2.24, 2.45) is 5.73 Å². The van der Waals surface area contributed by atoms with Crippen LogP contribution in [0.1, 0.15) is 11.6 Å². The summed E-state index contributed by atoms with van der Waals surface area (Å²) in [5, 5.41) is 10.4. The van der Waals surface area contributed by atoms with Gasteiger partial charge in [-0.15, -0.1) is 6.58 Å². The van der Waals surface area contributed by atoms with E-state index in [2.05, 4.69) is 6.58 Å². The molecule has 0 heterocycles. The number of nitrogens with zero attached hydrogens (tertiary/aromatic N) is 1. The van der Waals surface area contributed by atoms with Crippen LogP contribution in [0.5, 0.6) is 0 Å². The number of hydrogen-bond acceptors (Lipinski definition) is 3. The van der Waals surface area contributed by atoms with E-state index in [0.29, 0.717) is 5.56 Å². The molecule has 68 valence electrons. The molecule has 13 heavy (non-hydrogen) atoms. The van der Waals surface area contributed by atoms with Gasteiger partial charge in [0.1, 0.15) is 0 Å². The van der Waals surface area contributed by atoms with Crippen LogP contribution in [0, 0.1) is 10.1 Å². The minimum Gasteiger partial charge on any atom is -0.321 e. The topological polar surface area (TPSA) is 69.2 Å². The predicted octanol–water partition coefficient (Wildman–Crippen LogP) is 1.78. The average molecular weight is 178 g/mol. The van der Waals surface area contributed by atoms with E-state index < -0.39 is 4.92 Å². The summed E-state index contributed by atoms with van der Waals surface area (Å²) < 4.78 is 0. The van der Waals surface area contributed by atoms with Crippen molar-refractivity contribution in [2.45, 2.75) is 6.04 Å². The quantitative estimate of drug-likeness (QED) is 0.435. The predicted molar refractivity (Wildman–Crippen MR) is 50.2 cm³/mol. The smallest absolute Gasteiger partial charge is 0.269 e. The van der Waals surface area contributed by atoms with E-state index in [4.69, 9.17) is 5.73 Å². The Bertz CT molecular complexity index is 336. The van der Waals surface area contributed by atoms with E-state index in [1.165, 1.54) is 12.1 Å². The van der Waals surface area contributed by atoms with Crippen molar-refractivity contribution >= 4 is 5.69 Å². The summed E-state index contributed by atoms with van der Waals surface area (Å²) in [6, 6.07) is 5.88. The summed E-state index contributed by atoms with van der Waals surface area (Å²) in [4.78, 5) is 9.96. The van der Waals surface area contributed by atoms with Crippen LogP contribution in [0.25, 0.3) is 0 Å². The van der Waals surface area contributed by atoms with E-state index in [0.717, 1.165) is 0 Å². The minimum absolute atomic E-state index is 0.0507. The molecular formula is C9H10N2O2. The lowest BCUT2D eigenvalue weighted by atomic mass is 10.1. The van der Waals surface area contributed by atoms with Crippen molar-refractivity contribution < 1.29 is 4.92 Å². The van der Waals surface area contributed by atoms with Crippen LogP contribution < -0.4 is 5.73 Å². The molecule has 0 bridgehead atoms. The van der Waals surface area contributed by atoms with Crippen LogP contribution in [-0.4, -0.2) is 4.92 Å². The zero-order valence-electron chi connectivity index (χ0n) is 7.01. The molecule has 2 N–H and O–H groups in total. The molecule has 0 aliphatic heterocycles. The SMILES string of the molecule is C=C[C@H](N)c1cccc([N+](=O)[O-])c1. The maximum absolute atomic E-state index is 10.4. The van der Waals surface area contributed by atoms with Crippen molar-refractivity contribution in [1.82, 2.24) is 0 Å². The number of nitro groups is 1. The van der Waals surface area contributed by atoms with Gasteiger partial charge in [0.15, 0.2) is 0 Å². The van der Waals surface area contributed by atoms with Gasteiger partial charge in [0.25, 0.3) is 5.69 Å². The van der Waals surface area contributed by atoms with Crippen LogP contribution >= 0.6 is 0 Å². The van der Waals surface area contributed by atoms with E-state index in [-0.39, 0.29) is 11.7 Å². The third-order valence-corrected chi connectivity index (χ3v) is 1.72. The highest BCUT2D eigenvalue weighted by atomic mass is 16.6. The molecule has 0 radical (unpaired) electrons. The maximum Gasteiger partial charge on any atom is 0.269 e. The summed E-state index contributed by atoms with van der Waals surface area (Å²) in [5.74, 6) is 0. The zero-order chi connectivity index (χ0) is 9.84. The molecule has 0 saturated carbocycles. The normalized spacial score (nSPS) is 12.1. The Balaban J connectivity index is 3.04. The fourth-order valence-electron chi connectivity index (χ4n) is 0.982. The Hall–Kier alpha value is -1.68. The monoisotopic (exact) mass is 178 g/mol. The van der Waals surface area contributed by atoms with Gasteiger partial charge in [0.05, 0.1) is 4.92 Å². The van der Waals surface area contributed by atoms with Crippen molar-refractivity contribution in [3.8, 4) is 0 Å². The van der Waals surface area contributed by atoms with Crippen LogP contribution in [0.15, 0.2) is 36.9 Å². The van der Waals surface area contributed by atoms with E-state index in [1.54, 1.807) is 18.2 Å². The summed E-state index contributed by atoms with van der Waals surface area (Å²) >= 11 is 0. The Labute approximate surface area is 75.8 Å². The second kappa shape index (κ2) is 3.82. The van der Waals surface area contributed by atoms with Crippen molar-refractivity contribution in [1.29, 1.82) is 0 Å². The first-order valence-corrected chi connectivity index (χ1v) is 3.77. The largest absolute Gasteiger partial charge is 0.321 e. The molecule has 0 aliphatic carbocycles. The molecule has 0 fully saturated rings. The second-order valence-electron chi connectivity index (χ2n) is 2.61. The van der Waals surface area contributed by atoms with E-state index in [9.17, 15) is 10.1 Å². The van der Waals surface area contributed by atoms with E-state index >= 15 is 0 Å². The van der Waals surface area contributed by atoms with Gasteiger partial charge in [-0.2, -0.15) is 0 Å². The van der Waals surface area contributed by atoms with Crippen molar-refractivity contribution in [2.75, 3.05) is 0 Å². The Morgan fingerprint density at radius 3 is 2.85 bits per heavy atom. The number of hydrogen-bond donors (Lipinski definition) is 1. The zero-order valence-corrected chi connectivity index (χ0v) is 7.01. The summed E-state index contributed by atoms with van der Waals surface area (Å²) in [6.07, 6.45) is 1.54. The number of non-ortho nitro benzene ring substituents is 1. The molecule has 0 aromatic heterocycles. The van der Waals surface area contributed by atoms with E-state index in [1.807, 2.05) is 0 Å². The van der Waals surface area contributed by atoms with Crippen molar-refractivity contribution in [3.63, 3.8) is 0 Å². The third kappa shape index (κ3) is 2.13. The minimum atomic E-state index is -0.445. The lowest BCUT2D eigenvalue weighted by Crippen LogP contribution is -2.06. The van der Waals surface area contributed by atoms with Gasteiger partial charge in [-0.25, -0.2) is 0 Å². The highest BCUT2D eigenvalue weighted by Gasteiger charge is 2.08.